The Morgan fingerprint density at radius 1 is 1.31 bits per heavy atom. The fraction of sp³-hybridized carbons (Fsp3) is 0.353. The number of nitrogens with one attached hydrogen (secondary N) is 2. The van der Waals surface area contributed by atoms with Gasteiger partial charge in [0.25, 0.3) is 0 Å². The van der Waals surface area contributed by atoms with Gasteiger partial charge in [0.2, 0.25) is 11.0 Å². The van der Waals surface area contributed by atoms with Crippen LogP contribution in [0, 0.1) is 11.7 Å². The Morgan fingerprint density at radius 3 is 2.69 bits per heavy atom. The molecule has 9 heteroatoms. The Morgan fingerprint density at radius 2 is 2.04 bits per heavy atom. The number of amides is 1. The SMILES string of the molecule is Cc1ccc(-c2n[nH]c(=S)n2CCC(=O)Nc2nnc(C(C)C)s2)cc1. The van der Waals surface area contributed by atoms with E-state index in [4.69, 9.17) is 12.2 Å². The van der Waals surface area contributed by atoms with Crippen LogP contribution in [0.1, 0.15) is 36.8 Å². The van der Waals surface area contributed by atoms with Crippen molar-refractivity contribution in [2.75, 3.05) is 5.32 Å². The molecule has 0 aliphatic rings. The normalized spacial score (nSPS) is 11.1. The number of carbonyl (C=O) groups excluding carboxylic acids is 1. The lowest BCUT2D eigenvalue weighted by molar-refractivity contribution is -0.116. The molecule has 136 valence electrons. The number of nitrogens with zero attached hydrogens (tertiary/aromatic N) is 4. The van der Waals surface area contributed by atoms with Crippen LogP contribution < -0.4 is 5.32 Å². The van der Waals surface area contributed by atoms with E-state index in [0.29, 0.717) is 22.4 Å². The monoisotopic (exact) mass is 388 g/mol. The number of H-pyrrole nitrogens is 1. The van der Waals surface area contributed by atoms with Crippen LogP contribution in [0.4, 0.5) is 5.13 Å². The lowest BCUT2D eigenvalue weighted by Gasteiger charge is -2.07. The van der Waals surface area contributed by atoms with Crippen molar-refractivity contribution in [2.45, 2.75) is 39.7 Å². The van der Waals surface area contributed by atoms with Gasteiger partial charge in [0, 0.05) is 24.4 Å². The number of aryl methyl sites for hydroxylation is 1. The predicted octanol–water partition coefficient (Wildman–Crippen LogP) is 3.92. The first-order chi connectivity index (χ1) is 12.4. The van der Waals surface area contributed by atoms with Crippen molar-refractivity contribution in [1.29, 1.82) is 0 Å². The quantitative estimate of drug-likeness (QED) is 0.625. The molecule has 0 saturated carbocycles. The summed E-state index contributed by atoms with van der Waals surface area (Å²) in [6, 6.07) is 8.02. The summed E-state index contributed by atoms with van der Waals surface area (Å²) in [5.74, 6) is 0.884. The van der Waals surface area contributed by atoms with Crippen LogP contribution in [0.5, 0.6) is 0 Å². The number of rotatable bonds is 6. The fourth-order valence-corrected chi connectivity index (χ4v) is 3.35. The van der Waals surface area contributed by atoms with E-state index < -0.39 is 0 Å². The molecule has 0 spiro atoms. The molecule has 7 nitrogen and oxygen atoms in total. The van der Waals surface area contributed by atoms with E-state index in [1.165, 1.54) is 16.9 Å². The zero-order valence-corrected chi connectivity index (χ0v) is 16.4. The van der Waals surface area contributed by atoms with Gasteiger partial charge in [-0.15, -0.1) is 10.2 Å². The number of aromatic nitrogens is 5. The third kappa shape index (κ3) is 4.23. The van der Waals surface area contributed by atoms with E-state index >= 15 is 0 Å². The summed E-state index contributed by atoms with van der Waals surface area (Å²) in [7, 11) is 0. The zero-order valence-electron chi connectivity index (χ0n) is 14.8. The van der Waals surface area contributed by atoms with Crippen LogP contribution in [0.2, 0.25) is 0 Å². The molecule has 26 heavy (non-hydrogen) atoms. The second kappa shape index (κ2) is 7.88. The van der Waals surface area contributed by atoms with Gasteiger partial charge in [-0.25, -0.2) is 0 Å². The van der Waals surface area contributed by atoms with Crippen LogP contribution in [-0.4, -0.2) is 30.9 Å². The second-order valence-electron chi connectivity index (χ2n) is 6.27. The van der Waals surface area contributed by atoms with Crippen LogP contribution in [-0.2, 0) is 11.3 Å². The maximum absolute atomic E-state index is 12.2. The summed E-state index contributed by atoms with van der Waals surface area (Å²) in [4.78, 5) is 12.2. The zero-order chi connectivity index (χ0) is 18.7. The Hall–Kier alpha value is -2.39. The maximum atomic E-state index is 12.2. The molecular weight excluding hydrogens is 368 g/mol. The highest BCUT2D eigenvalue weighted by Crippen LogP contribution is 2.23. The molecule has 0 bridgehead atoms. The lowest BCUT2D eigenvalue weighted by Crippen LogP contribution is -2.15. The van der Waals surface area contributed by atoms with Gasteiger partial charge in [0.15, 0.2) is 10.6 Å². The highest BCUT2D eigenvalue weighted by atomic mass is 32.1. The molecular formula is C17H20N6OS2. The number of benzene rings is 1. The van der Waals surface area contributed by atoms with Gasteiger partial charge in [-0.05, 0) is 19.1 Å². The third-order valence-corrected chi connectivity index (χ3v) is 5.26. The summed E-state index contributed by atoms with van der Waals surface area (Å²) >= 11 is 6.70. The van der Waals surface area contributed by atoms with E-state index in [0.717, 1.165) is 16.4 Å². The van der Waals surface area contributed by atoms with Gasteiger partial charge in [-0.3, -0.25) is 14.5 Å². The molecule has 0 fully saturated rings. The maximum Gasteiger partial charge on any atom is 0.227 e. The summed E-state index contributed by atoms with van der Waals surface area (Å²) in [5.41, 5.74) is 2.13. The second-order valence-corrected chi connectivity index (χ2v) is 7.66. The first-order valence-corrected chi connectivity index (χ1v) is 9.52. The Labute approximate surface area is 160 Å². The molecule has 0 unspecified atom stereocenters. The number of aromatic amines is 1. The van der Waals surface area contributed by atoms with Crippen LogP contribution >= 0.6 is 23.6 Å². The van der Waals surface area contributed by atoms with E-state index in [9.17, 15) is 4.79 Å². The Balaban J connectivity index is 1.67. The minimum absolute atomic E-state index is 0.130. The van der Waals surface area contributed by atoms with Crippen molar-refractivity contribution >= 4 is 34.6 Å². The predicted molar refractivity (Wildman–Crippen MR) is 105 cm³/mol. The fourth-order valence-electron chi connectivity index (χ4n) is 2.36. The molecule has 0 atom stereocenters. The van der Waals surface area contributed by atoms with Gasteiger partial charge in [-0.1, -0.05) is 55.0 Å². The molecule has 3 aromatic rings. The number of hydrogen-bond acceptors (Lipinski definition) is 6. The number of hydrogen-bond donors (Lipinski definition) is 2. The van der Waals surface area contributed by atoms with Gasteiger partial charge in [0.1, 0.15) is 5.01 Å². The van der Waals surface area contributed by atoms with Gasteiger partial charge in [0.05, 0.1) is 0 Å². The van der Waals surface area contributed by atoms with Gasteiger partial charge in [-0.2, -0.15) is 5.10 Å². The highest BCUT2D eigenvalue weighted by molar-refractivity contribution is 7.71. The molecule has 3 rings (SSSR count). The number of anilines is 1. The molecule has 0 saturated heterocycles. The van der Waals surface area contributed by atoms with E-state index in [2.05, 4.69) is 25.7 Å². The van der Waals surface area contributed by atoms with Crippen LogP contribution in [0.15, 0.2) is 24.3 Å². The topological polar surface area (TPSA) is 88.5 Å². The summed E-state index contributed by atoms with van der Waals surface area (Å²) in [6.07, 6.45) is 0.267. The van der Waals surface area contributed by atoms with Gasteiger partial charge < -0.3 is 5.32 Å². The first kappa shape index (κ1) is 18.4. The summed E-state index contributed by atoms with van der Waals surface area (Å²) in [6.45, 7) is 6.54. The molecule has 1 amide bonds. The van der Waals surface area contributed by atoms with Crippen LogP contribution in [0.25, 0.3) is 11.4 Å². The average molecular weight is 389 g/mol. The van der Waals surface area contributed by atoms with Crippen molar-refractivity contribution < 1.29 is 4.79 Å². The third-order valence-electron chi connectivity index (χ3n) is 3.81. The van der Waals surface area contributed by atoms with E-state index in [1.807, 2.05) is 49.6 Å². The smallest absolute Gasteiger partial charge is 0.227 e. The summed E-state index contributed by atoms with van der Waals surface area (Å²) in [5, 5.41) is 19.4. The average Bonchev–Trinajstić information content (AvgIpc) is 3.21. The molecule has 0 radical (unpaired) electrons. The molecule has 2 N–H and O–H groups in total. The van der Waals surface area contributed by atoms with Crippen molar-refractivity contribution in [2.24, 2.45) is 0 Å². The Kier molecular flexibility index (Phi) is 5.58. The van der Waals surface area contributed by atoms with Crippen molar-refractivity contribution in [1.82, 2.24) is 25.0 Å². The summed E-state index contributed by atoms with van der Waals surface area (Å²) < 4.78 is 2.32. The Bertz CT molecular complexity index is 954. The lowest BCUT2D eigenvalue weighted by atomic mass is 10.1. The minimum atomic E-state index is -0.130. The minimum Gasteiger partial charge on any atom is -0.300 e. The van der Waals surface area contributed by atoms with Crippen LogP contribution in [0.3, 0.4) is 0 Å². The van der Waals surface area contributed by atoms with E-state index in [1.54, 1.807) is 0 Å². The van der Waals surface area contributed by atoms with Gasteiger partial charge >= 0.3 is 0 Å². The standard InChI is InChI=1S/C17H20N6OS2/c1-10(2)15-20-21-16(26-15)18-13(24)8-9-23-14(19-22-17(23)25)12-6-4-11(3)5-7-12/h4-7,10H,8-9H2,1-3H3,(H,22,25)(H,18,21,24). The molecule has 0 aliphatic heterocycles. The van der Waals surface area contributed by atoms with Crippen molar-refractivity contribution in [3.63, 3.8) is 0 Å². The molecule has 2 heterocycles. The van der Waals surface area contributed by atoms with E-state index in [-0.39, 0.29) is 12.3 Å². The molecule has 2 aromatic heterocycles. The highest BCUT2D eigenvalue weighted by Gasteiger charge is 2.13. The number of carbonyl (C=O) groups is 1. The largest absolute Gasteiger partial charge is 0.300 e. The van der Waals surface area contributed by atoms with Crippen molar-refractivity contribution in [3.8, 4) is 11.4 Å². The first-order valence-electron chi connectivity index (χ1n) is 8.29. The molecule has 0 aliphatic carbocycles. The molecule has 1 aromatic carbocycles. The van der Waals surface area contributed by atoms with Crippen molar-refractivity contribution in [3.05, 3.63) is 39.6 Å².